The van der Waals surface area contributed by atoms with Gasteiger partial charge in [-0.1, -0.05) is 85.5 Å². The van der Waals surface area contributed by atoms with Crippen LogP contribution in [-0.4, -0.2) is 36.8 Å². The molecule has 3 nitrogen and oxygen atoms in total. The van der Waals surface area contributed by atoms with Crippen molar-refractivity contribution >= 4 is 25.3 Å². The first-order chi connectivity index (χ1) is 14.1. The van der Waals surface area contributed by atoms with Gasteiger partial charge in [-0.3, -0.25) is 0 Å². The maximum absolute atomic E-state index is 6.42. The number of rotatable bonds is 22. The topological polar surface area (TPSA) is 27.7 Å². The second kappa shape index (κ2) is 20.5. The van der Waals surface area contributed by atoms with Crippen LogP contribution in [0.4, 0.5) is 0 Å². The third-order valence-corrected chi connectivity index (χ3v) is 6.60. The van der Waals surface area contributed by atoms with E-state index < -0.39 is 5.97 Å². The van der Waals surface area contributed by atoms with Crippen LogP contribution in [0.3, 0.4) is 0 Å². The largest absolute Gasteiger partial charge is 0.327 e. The van der Waals surface area contributed by atoms with Crippen LogP contribution in [0.15, 0.2) is 0 Å². The maximum atomic E-state index is 6.42. The van der Waals surface area contributed by atoms with Crippen LogP contribution in [0.2, 0.25) is 0 Å². The highest BCUT2D eigenvalue weighted by molar-refractivity contribution is 7.84. The first kappa shape index (κ1) is 29.6. The number of ether oxygens (including phenoxy) is 3. The Bertz CT molecular complexity index is 316. The Labute approximate surface area is 193 Å². The minimum atomic E-state index is -0.988. The second-order valence-electron chi connectivity index (χ2n) is 8.12. The van der Waals surface area contributed by atoms with Gasteiger partial charge < -0.3 is 14.2 Å². The molecule has 0 rings (SSSR count). The summed E-state index contributed by atoms with van der Waals surface area (Å²) < 4.78 is 19.3. The fourth-order valence-corrected chi connectivity index (χ4v) is 3.99. The Balaban J connectivity index is 5.30. The lowest BCUT2D eigenvalue weighted by Crippen LogP contribution is -2.51. The predicted molar refractivity (Wildman–Crippen MR) is 133 cm³/mol. The van der Waals surface area contributed by atoms with E-state index in [0.29, 0.717) is 25.6 Å². The molecule has 0 bridgehead atoms. The van der Waals surface area contributed by atoms with Crippen molar-refractivity contribution in [3.8, 4) is 0 Å². The number of thiol groups is 2. The molecule has 5 heteroatoms. The van der Waals surface area contributed by atoms with Gasteiger partial charge in [0, 0.05) is 11.0 Å². The summed E-state index contributed by atoms with van der Waals surface area (Å²) in [5, 5.41) is 0.0823. The van der Waals surface area contributed by atoms with Crippen LogP contribution < -0.4 is 0 Å². The summed E-state index contributed by atoms with van der Waals surface area (Å²) in [4.78, 5) is 0. The van der Waals surface area contributed by atoms with Crippen LogP contribution in [0.1, 0.15) is 111 Å². The lowest BCUT2D eigenvalue weighted by Gasteiger charge is -2.42. The molecule has 0 N–H and O–H groups in total. The molecule has 0 aliphatic carbocycles. The molecule has 0 aliphatic heterocycles. The SMILES string of the molecule is CCCCCCCCC(C(S)CS)C(OCCCC)(OCCCC)OCCCC. The van der Waals surface area contributed by atoms with Gasteiger partial charge in [-0.25, -0.2) is 0 Å². The molecule has 29 heavy (non-hydrogen) atoms. The summed E-state index contributed by atoms with van der Waals surface area (Å²) in [7, 11) is 0. The first-order valence-electron chi connectivity index (χ1n) is 12.3. The standard InChI is InChI=1S/C24H50O3S2/c1-5-9-13-14-15-16-17-22(23(29)21-28)24(25-18-10-6-2,26-19-11-7-3)27-20-12-8-4/h22-23,28-29H,5-21H2,1-4H3. The fraction of sp³-hybridized carbons (Fsp3) is 1.00. The van der Waals surface area contributed by atoms with Crippen molar-refractivity contribution in [3.05, 3.63) is 0 Å². The zero-order chi connectivity index (χ0) is 21.8. The lowest BCUT2D eigenvalue weighted by atomic mass is 9.94. The summed E-state index contributed by atoms with van der Waals surface area (Å²) in [6.07, 6.45) is 15.0. The highest BCUT2D eigenvalue weighted by atomic mass is 32.1. The van der Waals surface area contributed by atoms with E-state index in [1.807, 2.05) is 0 Å². The van der Waals surface area contributed by atoms with E-state index in [-0.39, 0.29) is 11.2 Å². The molecule has 0 saturated heterocycles. The van der Waals surface area contributed by atoms with Gasteiger partial charge in [0.1, 0.15) is 0 Å². The molecule has 0 aromatic carbocycles. The summed E-state index contributed by atoms with van der Waals surface area (Å²) in [5.74, 6) is -0.213. The fourth-order valence-electron chi connectivity index (χ4n) is 3.40. The molecular formula is C24H50O3S2. The van der Waals surface area contributed by atoms with Gasteiger partial charge in [0.05, 0.1) is 25.7 Å². The minimum absolute atomic E-state index is 0.0823. The summed E-state index contributed by atoms with van der Waals surface area (Å²) in [6, 6.07) is 0. The maximum Gasteiger partial charge on any atom is 0.286 e. The number of hydrogen-bond donors (Lipinski definition) is 2. The van der Waals surface area contributed by atoms with Crippen molar-refractivity contribution < 1.29 is 14.2 Å². The molecule has 0 saturated carbocycles. The molecule has 2 atom stereocenters. The quantitative estimate of drug-likeness (QED) is 0.101. The van der Waals surface area contributed by atoms with Gasteiger partial charge >= 0.3 is 0 Å². The van der Waals surface area contributed by atoms with Gasteiger partial charge in [-0.15, -0.1) is 0 Å². The molecule has 0 heterocycles. The Morgan fingerprint density at radius 2 is 1.03 bits per heavy atom. The second-order valence-corrected chi connectivity index (χ2v) is 9.15. The van der Waals surface area contributed by atoms with Crippen LogP contribution >= 0.6 is 25.3 Å². The first-order valence-corrected chi connectivity index (χ1v) is 13.5. The molecule has 0 amide bonds. The zero-order valence-corrected chi connectivity index (χ0v) is 21.6. The molecule has 2 unspecified atom stereocenters. The van der Waals surface area contributed by atoms with Crippen molar-refractivity contribution in [3.63, 3.8) is 0 Å². The minimum Gasteiger partial charge on any atom is -0.327 e. The molecule has 176 valence electrons. The third-order valence-electron chi connectivity index (χ3n) is 5.38. The van der Waals surface area contributed by atoms with E-state index in [1.165, 1.54) is 32.1 Å². The smallest absolute Gasteiger partial charge is 0.286 e. The van der Waals surface area contributed by atoms with Crippen LogP contribution in [0, 0.1) is 5.92 Å². The molecular weight excluding hydrogens is 400 g/mol. The monoisotopic (exact) mass is 450 g/mol. The third kappa shape index (κ3) is 13.6. The van der Waals surface area contributed by atoms with E-state index in [9.17, 15) is 0 Å². The molecule has 0 fully saturated rings. The molecule has 0 radical (unpaired) electrons. The average molecular weight is 451 g/mol. The normalized spacial score (nSPS) is 14.3. The van der Waals surface area contributed by atoms with Gasteiger partial charge in [0.2, 0.25) is 0 Å². The molecule has 0 aliphatic rings. The van der Waals surface area contributed by atoms with Gasteiger partial charge in [0.25, 0.3) is 5.97 Å². The van der Waals surface area contributed by atoms with Crippen molar-refractivity contribution in [1.82, 2.24) is 0 Å². The van der Waals surface area contributed by atoms with E-state index in [2.05, 4.69) is 40.3 Å². The van der Waals surface area contributed by atoms with E-state index in [0.717, 1.165) is 51.4 Å². The van der Waals surface area contributed by atoms with Crippen LogP contribution in [-0.2, 0) is 14.2 Å². The van der Waals surface area contributed by atoms with Gasteiger partial charge in [0.15, 0.2) is 0 Å². The molecule has 0 spiro atoms. The molecule has 0 aromatic rings. The van der Waals surface area contributed by atoms with Crippen molar-refractivity contribution in [1.29, 1.82) is 0 Å². The highest BCUT2D eigenvalue weighted by Gasteiger charge is 2.45. The summed E-state index contributed by atoms with van der Waals surface area (Å²) in [5.41, 5.74) is 0. The van der Waals surface area contributed by atoms with Crippen LogP contribution in [0.5, 0.6) is 0 Å². The van der Waals surface area contributed by atoms with Crippen molar-refractivity contribution in [2.75, 3.05) is 25.6 Å². The Hall–Kier alpha value is 0.580. The highest BCUT2D eigenvalue weighted by Crippen LogP contribution is 2.36. The van der Waals surface area contributed by atoms with Gasteiger partial charge in [-0.2, -0.15) is 25.3 Å². The molecule has 0 aromatic heterocycles. The van der Waals surface area contributed by atoms with Gasteiger partial charge in [-0.05, 0) is 25.7 Å². The summed E-state index contributed by atoms with van der Waals surface area (Å²) >= 11 is 9.46. The van der Waals surface area contributed by atoms with E-state index in [1.54, 1.807) is 0 Å². The van der Waals surface area contributed by atoms with Crippen LogP contribution in [0.25, 0.3) is 0 Å². The van der Waals surface area contributed by atoms with E-state index in [4.69, 9.17) is 26.8 Å². The Kier molecular flexibility index (Phi) is 20.9. The predicted octanol–water partition coefficient (Wildman–Crippen LogP) is 7.69. The van der Waals surface area contributed by atoms with Crippen molar-refractivity contribution in [2.45, 2.75) is 122 Å². The summed E-state index contributed by atoms with van der Waals surface area (Å²) in [6.45, 7) is 10.8. The Morgan fingerprint density at radius 3 is 1.45 bits per heavy atom. The Morgan fingerprint density at radius 1 is 0.621 bits per heavy atom. The average Bonchev–Trinajstić information content (AvgIpc) is 2.73. The number of unbranched alkanes of at least 4 members (excludes halogenated alkanes) is 8. The van der Waals surface area contributed by atoms with E-state index >= 15 is 0 Å². The lowest BCUT2D eigenvalue weighted by molar-refractivity contribution is -0.405. The van der Waals surface area contributed by atoms with Crippen molar-refractivity contribution in [2.24, 2.45) is 5.92 Å². The zero-order valence-electron chi connectivity index (χ0n) is 19.8. The number of hydrogen-bond acceptors (Lipinski definition) is 5.